The summed E-state index contributed by atoms with van der Waals surface area (Å²) in [4.78, 5) is 28.6. The molecule has 0 saturated heterocycles. The standard InChI is InChI=1S/C16H24F2N4O4/c1-15(2,3)25-13(23)20-12(22-9-7-8-19-22)21(10-11(17)18)14(24)26-16(4,5)6/h7-9,11H,10H2,1-6H3/b20-12+. The first-order valence-electron chi connectivity index (χ1n) is 7.89. The molecule has 0 aliphatic heterocycles. The lowest BCUT2D eigenvalue weighted by atomic mass is 10.2. The van der Waals surface area contributed by atoms with E-state index in [1.54, 1.807) is 41.5 Å². The van der Waals surface area contributed by atoms with Crippen molar-refractivity contribution in [2.75, 3.05) is 6.54 Å². The fraction of sp³-hybridized carbons (Fsp3) is 0.625. The van der Waals surface area contributed by atoms with Crippen molar-refractivity contribution in [3.63, 3.8) is 0 Å². The van der Waals surface area contributed by atoms with E-state index in [4.69, 9.17) is 9.47 Å². The average molecular weight is 374 g/mol. The van der Waals surface area contributed by atoms with Gasteiger partial charge < -0.3 is 9.47 Å². The first-order chi connectivity index (χ1) is 11.8. The summed E-state index contributed by atoms with van der Waals surface area (Å²) in [6.45, 7) is 8.60. The molecule has 0 aromatic carbocycles. The minimum absolute atomic E-state index is 0.446. The Hall–Kier alpha value is -2.52. The van der Waals surface area contributed by atoms with Gasteiger partial charge in [-0.05, 0) is 47.6 Å². The summed E-state index contributed by atoms with van der Waals surface area (Å²) in [6.07, 6.45) is -2.32. The van der Waals surface area contributed by atoms with Crippen LogP contribution in [-0.4, -0.2) is 57.0 Å². The number of alkyl halides is 2. The van der Waals surface area contributed by atoms with Gasteiger partial charge in [-0.1, -0.05) is 0 Å². The van der Waals surface area contributed by atoms with Crippen LogP contribution < -0.4 is 0 Å². The van der Waals surface area contributed by atoms with Crippen LogP contribution in [0, 0.1) is 0 Å². The molecule has 8 nitrogen and oxygen atoms in total. The topological polar surface area (TPSA) is 86.0 Å². The minimum atomic E-state index is -2.89. The molecule has 0 aliphatic rings. The zero-order valence-electron chi connectivity index (χ0n) is 15.7. The molecule has 0 unspecified atom stereocenters. The Labute approximate surface area is 150 Å². The Bertz CT molecular complexity index is 646. The van der Waals surface area contributed by atoms with E-state index in [0.717, 1.165) is 4.68 Å². The molecule has 0 N–H and O–H groups in total. The van der Waals surface area contributed by atoms with E-state index in [2.05, 4.69) is 10.1 Å². The first-order valence-corrected chi connectivity index (χ1v) is 7.89. The number of rotatable bonds is 2. The van der Waals surface area contributed by atoms with Crippen molar-refractivity contribution in [3.05, 3.63) is 18.5 Å². The Balaban J connectivity index is 3.29. The van der Waals surface area contributed by atoms with Crippen LogP contribution in [0.25, 0.3) is 0 Å². The van der Waals surface area contributed by atoms with Gasteiger partial charge >= 0.3 is 12.2 Å². The van der Waals surface area contributed by atoms with Crippen LogP contribution in [-0.2, 0) is 9.47 Å². The number of amides is 2. The second-order valence-corrected chi connectivity index (χ2v) is 7.32. The number of aliphatic imine (C=N–C) groups is 1. The van der Waals surface area contributed by atoms with E-state index in [-0.39, 0.29) is 0 Å². The third-order valence-electron chi connectivity index (χ3n) is 2.47. The lowest BCUT2D eigenvalue weighted by Crippen LogP contribution is -2.46. The monoisotopic (exact) mass is 374 g/mol. The SMILES string of the molecule is CC(C)(C)OC(=O)/N=C(\N(CC(F)F)C(=O)OC(C)(C)C)n1cccn1. The summed E-state index contributed by atoms with van der Waals surface area (Å²) in [7, 11) is 0. The third kappa shape index (κ3) is 7.58. The molecule has 0 radical (unpaired) electrons. The maximum absolute atomic E-state index is 13.0. The van der Waals surface area contributed by atoms with Gasteiger partial charge in [-0.3, -0.25) is 0 Å². The number of nitrogens with zero attached hydrogens (tertiary/aromatic N) is 4. The molecule has 1 rings (SSSR count). The highest BCUT2D eigenvalue weighted by atomic mass is 19.3. The van der Waals surface area contributed by atoms with E-state index in [1.165, 1.54) is 18.5 Å². The summed E-state index contributed by atoms with van der Waals surface area (Å²) in [5.41, 5.74) is -1.78. The normalized spacial score (nSPS) is 12.9. The van der Waals surface area contributed by atoms with Crippen LogP contribution in [0.4, 0.5) is 18.4 Å². The third-order valence-corrected chi connectivity index (χ3v) is 2.47. The molecule has 2 amide bonds. The maximum atomic E-state index is 13.0. The molecular formula is C16H24F2N4O4. The van der Waals surface area contributed by atoms with Crippen molar-refractivity contribution < 1.29 is 27.8 Å². The number of aromatic nitrogens is 2. The van der Waals surface area contributed by atoms with Gasteiger partial charge in [-0.2, -0.15) is 5.10 Å². The number of ether oxygens (including phenoxy) is 2. The predicted molar refractivity (Wildman–Crippen MR) is 90.2 cm³/mol. The molecule has 0 saturated carbocycles. The van der Waals surface area contributed by atoms with E-state index in [0.29, 0.717) is 4.90 Å². The van der Waals surface area contributed by atoms with Crippen LogP contribution in [0.1, 0.15) is 41.5 Å². The highest BCUT2D eigenvalue weighted by Gasteiger charge is 2.31. The van der Waals surface area contributed by atoms with Crippen molar-refractivity contribution in [1.29, 1.82) is 0 Å². The lowest BCUT2D eigenvalue weighted by Gasteiger charge is -2.27. The molecule has 1 heterocycles. The van der Waals surface area contributed by atoms with Crippen molar-refractivity contribution in [2.24, 2.45) is 4.99 Å². The van der Waals surface area contributed by atoms with Gasteiger partial charge in [-0.25, -0.2) is 28.0 Å². The maximum Gasteiger partial charge on any atom is 0.437 e. The second kappa shape index (κ2) is 8.24. The van der Waals surface area contributed by atoms with Crippen molar-refractivity contribution in [2.45, 2.75) is 59.2 Å². The molecule has 0 spiro atoms. The highest BCUT2D eigenvalue weighted by Crippen LogP contribution is 2.14. The largest absolute Gasteiger partial charge is 0.443 e. The molecule has 146 valence electrons. The van der Waals surface area contributed by atoms with Gasteiger partial charge in [0, 0.05) is 12.4 Å². The molecular weight excluding hydrogens is 350 g/mol. The first kappa shape index (κ1) is 21.5. The average Bonchev–Trinajstić information content (AvgIpc) is 2.92. The zero-order valence-corrected chi connectivity index (χ0v) is 15.7. The summed E-state index contributed by atoms with van der Waals surface area (Å²) in [5.74, 6) is -0.446. The van der Waals surface area contributed by atoms with Crippen LogP contribution in [0.5, 0.6) is 0 Å². The molecule has 0 fully saturated rings. The summed E-state index contributed by atoms with van der Waals surface area (Å²) in [6, 6.07) is 1.49. The van der Waals surface area contributed by atoms with Gasteiger partial charge in [0.15, 0.2) is 0 Å². The Morgan fingerprint density at radius 3 is 2.15 bits per heavy atom. The Kier molecular flexibility index (Phi) is 6.82. The quantitative estimate of drug-likeness (QED) is 0.584. The number of hydrogen-bond acceptors (Lipinski definition) is 5. The van der Waals surface area contributed by atoms with Gasteiger partial charge in [0.2, 0.25) is 5.96 Å². The zero-order chi connectivity index (χ0) is 20.1. The van der Waals surface area contributed by atoms with Crippen molar-refractivity contribution in [1.82, 2.24) is 14.7 Å². The van der Waals surface area contributed by atoms with Crippen LogP contribution in [0.15, 0.2) is 23.5 Å². The second-order valence-electron chi connectivity index (χ2n) is 7.32. The smallest absolute Gasteiger partial charge is 0.437 e. The van der Waals surface area contributed by atoms with Crippen LogP contribution in [0.2, 0.25) is 0 Å². The van der Waals surface area contributed by atoms with E-state index in [9.17, 15) is 18.4 Å². The number of carbonyl (C=O) groups is 2. The van der Waals surface area contributed by atoms with E-state index in [1.807, 2.05) is 0 Å². The summed E-state index contributed by atoms with van der Waals surface area (Å²) >= 11 is 0. The number of hydrogen-bond donors (Lipinski definition) is 0. The molecule has 0 bridgehead atoms. The van der Waals surface area contributed by atoms with Gasteiger partial charge in [0.1, 0.15) is 11.2 Å². The summed E-state index contributed by atoms with van der Waals surface area (Å²) < 4.78 is 37.3. The Morgan fingerprint density at radius 1 is 1.15 bits per heavy atom. The fourth-order valence-corrected chi connectivity index (χ4v) is 1.68. The molecule has 1 aromatic rings. The van der Waals surface area contributed by atoms with E-state index >= 15 is 0 Å². The highest BCUT2D eigenvalue weighted by molar-refractivity contribution is 5.99. The van der Waals surface area contributed by atoms with Crippen LogP contribution >= 0.6 is 0 Å². The minimum Gasteiger partial charge on any atom is -0.443 e. The van der Waals surface area contributed by atoms with Gasteiger partial charge in [0.05, 0.1) is 6.54 Å². The van der Waals surface area contributed by atoms with Crippen LogP contribution in [0.3, 0.4) is 0 Å². The molecule has 0 atom stereocenters. The molecule has 1 aromatic heterocycles. The van der Waals surface area contributed by atoms with Crippen molar-refractivity contribution >= 4 is 18.1 Å². The fourth-order valence-electron chi connectivity index (χ4n) is 1.68. The number of halogens is 2. The predicted octanol–water partition coefficient (Wildman–Crippen LogP) is 3.52. The van der Waals surface area contributed by atoms with Crippen molar-refractivity contribution in [3.8, 4) is 0 Å². The number of carbonyl (C=O) groups excluding carboxylic acids is 2. The van der Waals surface area contributed by atoms with Gasteiger partial charge in [0.25, 0.3) is 6.43 Å². The lowest BCUT2D eigenvalue weighted by molar-refractivity contribution is 0.0251. The molecule has 10 heteroatoms. The summed E-state index contributed by atoms with van der Waals surface area (Å²) in [5, 5.41) is 3.86. The van der Waals surface area contributed by atoms with E-state index < -0.39 is 42.3 Å². The molecule has 26 heavy (non-hydrogen) atoms. The Morgan fingerprint density at radius 2 is 1.73 bits per heavy atom. The van der Waals surface area contributed by atoms with Gasteiger partial charge in [-0.15, -0.1) is 4.99 Å². The molecule has 0 aliphatic carbocycles.